The van der Waals surface area contributed by atoms with E-state index in [9.17, 15) is 43.0 Å². The van der Waals surface area contributed by atoms with Crippen LogP contribution in [0.5, 0.6) is 0 Å². The van der Waals surface area contributed by atoms with Gasteiger partial charge in [-0.3, -0.25) is 23.9 Å². The fraction of sp³-hybridized carbons (Fsp3) is 0.708. The largest absolute Gasteiger partial charge is 0.397 e. The summed E-state index contributed by atoms with van der Waals surface area (Å²) in [4.78, 5) is 46.2. The third kappa shape index (κ3) is 7.93. The van der Waals surface area contributed by atoms with E-state index >= 15 is 0 Å². The summed E-state index contributed by atoms with van der Waals surface area (Å²) in [5.41, 5.74) is 6.13. The van der Waals surface area contributed by atoms with E-state index in [0.29, 0.717) is 5.57 Å². The van der Waals surface area contributed by atoms with Gasteiger partial charge in [0.25, 0.3) is 0 Å². The monoisotopic (exact) mass is 652 g/mol. The summed E-state index contributed by atoms with van der Waals surface area (Å²) in [7, 11) is -2.23. The minimum Gasteiger partial charge on any atom is -0.390 e. The number of β-amino-alcohol motifs (C(OH)–C–C–N with tert-alkyl or cyclic N) is 1. The van der Waals surface area contributed by atoms with Crippen LogP contribution in [0, 0.1) is 0 Å². The van der Waals surface area contributed by atoms with Gasteiger partial charge in [-0.25, -0.2) is 4.18 Å². The van der Waals surface area contributed by atoms with Crippen molar-refractivity contribution < 1.29 is 71.0 Å². The number of likely N-dealkylation sites (N-methyl/N-ethyl adjacent to an activating group) is 2. The molecule has 3 fully saturated rings. The van der Waals surface area contributed by atoms with Gasteiger partial charge in [0, 0.05) is 32.9 Å². The molecule has 4 aliphatic heterocycles. The molecule has 7 N–H and O–H groups in total. The van der Waals surface area contributed by atoms with Gasteiger partial charge in [0.1, 0.15) is 42.7 Å². The molecular weight excluding hydrogens is 616 g/mol. The molecule has 20 heteroatoms. The molecule has 11 atom stereocenters. The van der Waals surface area contributed by atoms with Crippen LogP contribution in [-0.4, -0.2) is 167 Å². The fourth-order valence-corrected chi connectivity index (χ4v) is 5.96. The molecule has 0 spiro atoms. The maximum atomic E-state index is 13.6. The van der Waals surface area contributed by atoms with E-state index < -0.39 is 89.6 Å². The van der Waals surface area contributed by atoms with Gasteiger partial charge in [0.15, 0.2) is 18.6 Å². The topological polar surface area (TPSA) is 276 Å². The Morgan fingerprint density at radius 2 is 1.75 bits per heavy atom. The Bertz CT molecular complexity index is 1240. The first-order valence-corrected chi connectivity index (χ1v) is 14.6. The number of amides is 2. The van der Waals surface area contributed by atoms with Crippen molar-refractivity contribution in [3.63, 3.8) is 0 Å². The summed E-state index contributed by atoms with van der Waals surface area (Å²) >= 11 is 0. The van der Waals surface area contributed by atoms with Gasteiger partial charge in [-0.1, -0.05) is 6.58 Å². The molecule has 0 aliphatic carbocycles. The van der Waals surface area contributed by atoms with Crippen LogP contribution < -0.4 is 5.73 Å². The lowest BCUT2D eigenvalue weighted by Crippen LogP contribution is -2.59. The fourth-order valence-electron chi connectivity index (χ4n) is 5.48. The quantitative estimate of drug-likeness (QED) is 0.134. The van der Waals surface area contributed by atoms with Crippen molar-refractivity contribution in [1.29, 1.82) is 0 Å². The lowest BCUT2D eigenvalue weighted by Gasteiger charge is -2.38. The molecule has 248 valence electrons. The number of aliphatic hydroxyl groups is 4. The summed E-state index contributed by atoms with van der Waals surface area (Å²) in [6, 6.07) is -1.33. The van der Waals surface area contributed by atoms with Gasteiger partial charge in [-0.2, -0.15) is 18.0 Å². The number of nitrogens with zero attached hydrogens (tertiary/aromatic N) is 3. The highest BCUT2D eigenvalue weighted by Crippen LogP contribution is 2.35. The molecule has 0 aromatic rings. The second-order valence-electron chi connectivity index (χ2n) is 10.6. The number of carbonyl (C=O) groups is 2. The zero-order valence-electron chi connectivity index (χ0n) is 23.7. The molecule has 44 heavy (non-hydrogen) atoms. The third-order valence-corrected chi connectivity index (χ3v) is 7.93. The normalized spacial score (nSPS) is 37.4. The van der Waals surface area contributed by atoms with E-state index in [1.54, 1.807) is 0 Å². The maximum absolute atomic E-state index is 13.6. The Labute approximate surface area is 251 Å². The Morgan fingerprint density at radius 1 is 1.11 bits per heavy atom. The van der Waals surface area contributed by atoms with Gasteiger partial charge < -0.3 is 45.3 Å². The Morgan fingerprint density at radius 3 is 2.32 bits per heavy atom. The van der Waals surface area contributed by atoms with Crippen molar-refractivity contribution in [3.05, 3.63) is 24.4 Å². The van der Waals surface area contributed by atoms with Crippen molar-refractivity contribution in [2.24, 2.45) is 5.73 Å². The molecule has 4 rings (SSSR count). The molecule has 4 heterocycles. The SMILES string of the molecule is C=C1C=CN(C2OC(C(OC3OC(CN)C(O)C3OS(=O)(=O)O)C3C(=O)N(C)CC(O)CN3C)C(O)C2O)C(=O)C1.O=C=O. The molecule has 0 radical (unpaired) electrons. The minimum atomic E-state index is -5.14. The predicted octanol–water partition coefficient (Wildman–Crippen LogP) is -5.10. The number of ether oxygens (including phenoxy) is 3. The van der Waals surface area contributed by atoms with E-state index in [1.807, 2.05) is 0 Å². The molecule has 0 aromatic heterocycles. The van der Waals surface area contributed by atoms with Crippen LogP contribution in [0.25, 0.3) is 0 Å². The van der Waals surface area contributed by atoms with Crippen LogP contribution in [0.2, 0.25) is 0 Å². The highest BCUT2D eigenvalue weighted by Gasteiger charge is 2.57. The predicted molar refractivity (Wildman–Crippen MR) is 141 cm³/mol. The molecule has 0 aromatic carbocycles. The third-order valence-electron chi connectivity index (χ3n) is 7.46. The average molecular weight is 653 g/mol. The van der Waals surface area contributed by atoms with E-state index in [2.05, 4.69) is 10.8 Å². The van der Waals surface area contributed by atoms with Crippen molar-refractivity contribution in [3.8, 4) is 0 Å². The lowest BCUT2D eigenvalue weighted by molar-refractivity contribution is -0.231. The first-order valence-electron chi connectivity index (χ1n) is 13.2. The number of hydrogen-bond acceptors (Lipinski definition) is 16. The van der Waals surface area contributed by atoms with Crippen molar-refractivity contribution >= 4 is 28.4 Å². The molecule has 0 saturated carbocycles. The van der Waals surface area contributed by atoms with Gasteiger partial charge in [-0.15, -0.1) is 0 Å². The van der Waals surface area contributed by atoms with Crippen LogP contribution in [0.4, 0.5) is 0 Å². The summed E-state index contributed by atoms with van der Waals surface area (Å²) in [5, 5.41) is 43.0. The highest BCUT2D eigenvalue weighted by molar-refractivity contribution is 7.80. The van der Waals surface area contributed by atoms with Crippen molar-refractivity contribution in [2.45, 2.75) is 73.8 Å². The number of rotatable bonds is 8. The van der Waals surface area contributed by atoms with Crippen molar-refractivity contribution in [1.82, 2.24) is 14.7 Å². The van der Waals surface area contributed by atoms with Crippen LogP contribution >= 0.6 is 0 Å². The summed E-state index contributed by atoms with van der Waals surface area (Å²) in [5.74, 6) is -1.08. The van der Waals surface area contributed by atoms with Gasteiger partial charge in [0.05, 0.1) is 12.5 Å². The van der Waals surface area contributed by atoms with Crippen LogP contribution in [0.3, 0.4) is 0 Å². The molecule has 3 saturated heterocycles. The van der Waals surface area contributed by atoms with Crippen molar-refractivity contribution in [2.75, 3.05) is 33.7 Å². The first-order chi connectivity index (χ1) is 20.5. The average Bonchev–Trinajstić information content (AvgIpc) is 3.34. The zero-order valence-corrected chi connectivity index (χ0v) is 24.5. The Hall–Kier alpha value is -2.69. The molecule has 11 unspecified atom stereocenters. The standard InChI is InChI=1S/C23H36N4O13S.CO2/c1-10-4-5-27(13(29)6-10)22-17(32)16(31)19(38-22)18(14-21(33)26(3)9-11(28)8-25(14)2)39-23-20(40-41(34,35)36)15(30)12(7-24)37-23;2-1-3/h4-5,11-12,14-20,22-23,28,30-32H,1,6-9,24H2,2-3H3,(H,34,35,36);. The van der Waals surface area contributed by atoms with Crippen LogP contribution in [-0.2, 0) is 48.0 Å². The van der Waals surface area contributed by atoms with Gasteiger partial charge >= 0.3 is 16.6 Å². The number of carbonyl (C=O) groups excluding carboxylic acids is 4. The maximum Gasteiger partial charge on any atom is 0.397 e. The Balaban J connectivity index is 0.00000169. The number of nitrogens with two attached hydrogens (primary N) is 1. The van der Waals surface area contributed by atoms with Crippen LogP contribution in [0.1, 0.15) is 6.42 Å². The number of hydrogen-bond donors (Lipinski definition) is 6. The Kier molecular flexibility index (Phi) is 11.9. The molecule has 19 nitrogen and oxygen atoms in total. The summed E-state index contributed by atoms with van der Waals surface area (Å²) < 4.78 is 54.6. The summed E-state index contributed by atoms with van der Waals surface area (Å²) in [6.07, 6.45) is -12.5. The van der Waals surface area contributed by atoms with E-state index in [1.165, 1.54) is 36.2 Å². The van der Waals surface area contributed by atoms with E-state index in [-0.39, 0.29) is 32.2 Å². The first kappa shape index (κ1) is 35.8. The van der Waals surface area contributed by atoms with Gasteiger partial charge in [-0.05, 0) is 18.7 Å². The molecule has 0 bridgehead atoms. The summed E-state index contributed by atoms with van der Waals surface area (Å²) in [6.45, 7) is 3.31. The van der Waals surface area contributed by atoms with E-state index in [0.717, 1.165) is 4.90 Å². The lowest BCUT2D eigenvalue weighted by atomic mass is 9.97. The molecular formula is C24H36N4O15S. The second-order valence-corrected chi connectivity index (χ2v) is 11.7. The number of aliphatic hydroxyl groups excluding tert-OH is 4. The van der Waals surface area contributed by atoms with Crippen LogP contribution in [0.15, 0.2) is 24.4 Å². The molecule has 4 aliphatic rings. The molecule has 2 amide bonds. The number of allylic oxidation sites excluding steroid dienone is 1. The smallest absolute Gasteiger partial charge is 0.390 e. The highest BCUT2D eigenvalue weighted by atomic mass is 32.3. The van der Waals surface area contributed by atoms with Gasteiger partial charge in [0.2, 0.25) is 11.8 Å². The minimum absolute atomic E-state index is 0.0462. The zero-order chi connectivity index (χ0) is 33.1. The van der Waals surface area contributed by atoms with E-state index in [4.69, 9.17) is 29.5 Å². The second kappa shape index (κ2) is 14.6.